The molecule has 0 aromatic carbocycles. The SMILES string of the molecule is CC(=O)N1CCC(N(NC(=O)OC(C)(C)C)c2nc(C#N)nc3c2ncn3C)CC1. The average Bonchev–Trinajstić information content (AvgIpc) is 3.05. The van der Waals surface area contributed by atoms with Crippen molar-refractivity contribution >= 4 is 29.0 Å². The van der Waals surface area contributed by atoms with Crippen molar-refractivity contribution in [2.45, 2.75) is 52.2 Å². The fraction of sp³-hybridized carbons (Fsp3) is 0.579. The summed E-state index contributed by atoms with van der Waals surface area (Å²) in [4.78, 5) is 39.0. The Labute approximate surface area is 174 Å². The molecule has 160 valence electrons. The Bertz CT molecular complexity index is 996. The lowest BCUT2D eigenvalue weighted by molar-refractivity contribution is -0.129. The highest BCUT2D eigenvalue weighted by Gasteiger charge is 2.31. The first kappa shape index (κ1) is 21.3. The molecule has 0 atom stereocenters. The fourth-order valence-electron chi connectivity index (χ4n) is 3.37. The number of imidazole rings is 1. The summed E-state index contributed by atoms with van der Waals surface area (Å²) in [6.07, 6.45) is 2.15. The minimum atomic E-state index is -0.683. The van der Waals surface area contributed by atoms with Gasteiger partial charge in [0.1, 0.15) is 11.7 Å². The maximum atomic E-state index is 12.6. The number of likely N-dealkylation sites (tertiary alicyclic amines) is 1. The molecule has 2 amide bonds. The number of hydrogen-bond donors (Lipinski definition) is 1. The number of ether oxygens (including phenoxy) is 1. The summed E-state index contributed by atoms with van der Waals surface area (Å²) >= 11 is 0. The number of carbonyl (C=O) groups is 2. The van der Waals surface area contributed by atoms with Gasteiger partial charge in [0.15, 0.2) is 17.0 Å². The van der Waals surface area contributed by atoms with Crippen molar-refractivity contribution in [2.24, 2.45) is 7.05 Å². The number of carbonyl (C=O) groups excluding carboxylic acids is 2. The Morgan fingerprint density at radius 3 is 2.53 bits per heavy atom. The normalized spacial score (nSPS) is 15.0. The molecular weight excluding hydrogens is 388 g/mol. The highest BCUT2D eigenvalue weighted by Crippen LogP contribution is 2.27. The van der Waals surface area contributed by atoms with E-state index in [0.717, 1.165) is 0 Å². The van der Waals surface area contributed by atoms with Gasteiger partial charge in [0, 0.05) is 27.1 Å². The summed E-state index contributed by atoms with van der Waals surface area (Å²) in [5.41, 5.74) is 3.03. The topological polar surface area (TPSA) is 129 Å². The number of aromatic nitrogens is 4. The first-order chi connectivity index (χ1) is 14.1. The van der Waals surface area contributed by atoms with Gasteiger partial charge in [0.25, 0.3) is 0 Å². The summed E-state index contributed by atoms with van der Waals surface area (Å²) in [6, 6.07) is 1.79. The second kappa shape index (κ2) is 8.14. The molecule has 30 heavy (non-hydrogen) atoms. The van der Waals surface area contributed by atoms with Crippen LogP contribution in [0.5, 0.6) is 0 Å². The zero-order valence-electron chi connectivity index (χ0n) is 17.8. The van der Waals surface area contributed by atoms with Crippen LogP contribution >= 0.6 is 0 Å². The van der Waals surface area contributed by atoms with E-state index in [4.69, 9.17) is 4.74 Å². The van der Waals surface area contributed by atoms with Gasteiger partial charge in [-0.1, -0.05) is 0 Å². The molecule has 0 radical (unpaired) electrons. The number of nitrogens with zero attached hydrogens (tertiary/aromatic N) is 7. The number of piperidine rings is 1. The molecule has 2 aromatic rings. The first-order valence-corrected chi connectivity index (χ1v) is 9.72. The van der Waals surface area contributed by atoms with E-state index < -0.39 is 11.7 Å². The van der Waals surface area contributed by atoms with Gasteiger partial charge in [0.05, 0.1) is 12.4 Å². The van der Waals surface area contributed by atoms with E-state index in [-0.39, 0.29) is 17.8 Å². The van der Waals surface area contributed by atoms with Crippen molar-refractivity contribution < 1.29 is 14.3 Å². The molecule has 2 aromatic heterocycles. The van der Waals surface area contributed by atoms with E-state index in [0.29, 0.717) is 42.9 Å². The van der Waals surface area contributed by atoms with Crippen molar-refractivity contribution in [3.05, 3.63) is 12.2 Å². The Hall–Kier alpha value is -3.42. The molecule has 3 rings (SSSR count). The van der Waals surface area contributed by atoms with Gasteiger partial charge < -0.3 is 14.2 Å². The maximum Gasteiger partial charge on any atom is 0.426 e. The molecular formula is C19H26N8O3. The molecule has 1 aliphatic heterocycles. The lowest BCUT2D eigenvalue weighted by atomic mass is 10.0. The molecule has 0 aliphatic carbocycles. The number of amides is 2. The van der Waals surface area contributed by atoms with E-state index in [1.54, 1.807) is 48.6 Å². The number of anilines is 1. The van der Waals surface area contributed by atoms with E-state index in [9.17, 15) is 14.9 Å². The summed E-state index contributed by atoms with van der Waals surface area (Å²) in [6.45, 7) is 7.97. The van der Waals surface area contributed by atoms with Crippen molar-refractivity contribution in [2.75, 3.05) is 18.1 Å². The Morgan fingerprint density at radius 1 is 1.30 bits per heavy atom. The number of nitriles is 1. The van der Waals surface area contributed by atoms with Crippen LogP contribution in [-0.2, 0) is 16.6 Å². The third kappa shape index (κ3) is 4.59. The monoisotopic (exact) mass is 414 g/mol. The van der Waals surface area contributed by atoms with Gasteiger partial charge in [-0.05, 0) is 33.6 Å². The van der Waals surface area contributed by atoms with E-state index in [1.807, 2.05) is 6.07 Å². The van der Waals surface area contributed by atoms with Crippen LogP contribution in [0.15, 0.2) is 6.33 Å². The summed E-state index contributed by atoms with van der Waals surface area (Å²) in [5.74, 6) is 0.309. The maximum absolute atomic E-state index is 12.6. The van der Waals surface area contributed by atoms with E-state index in [1.165, 1.54) is 6.92 Å². The summed E-state index contributed by atoms with van der Waals surface area (Å²) < 4.78 is 7.11. The molecule has 0 saturated carbocycles. The van der Waals surface area contributed by atoms with Gasteiger partial charge in [-0.15, -0.1) is 0 Å². The highest BCUT2D eigenvalue weighted by molar-refractivity contribution is 5.85. The second-order valence-corrected chi connectivity index (χ2v) is 8.23. The van der Waals surface area contributed by atoms with Gasteiger partial charge in [-0.3, -0.25) is 9.80 Å². The molecule has 11 heteroatoms. The van der Waals surface area contributed by atoms with E-state index in [2.05, 4.69) is 20.4 Å². The van der Waals surface area contributed by atoms with Gasteiger partial charge in [-0.25, -0.2) is 15.2 Å². The van der Waals surface area contributed by atoms with Crippen LogP contribution in [0.1, 0.15) is 46.4 Å². The molecule has 0 bridgehead atoms. The largest absolute Gasteiger partial charge is 0.443 e. The minimum absolute atomic E-state index is 0.0148. The van der Waals surface area contributed by atoms with Crippen LogP contribution in [0.4, 0.5) is 10.6 Å². The van der Waals surface area contributed by atoms with Crippen LogP contribution in [0, 0.1) is 11.3 Å². The molecule has 1 aliphatic rings. The van der Waals surface area contributed by atoms with Gasteiger partial charge in [0.2, 0.25) is 11.7 Å². The third-order valence-corrected chi connectivity index (χ3v) is 4.76. The number of fused-ring (bicyclic) bond motifs is 1. The third-order valence-electron chi connectivity index (χ3n) is 4.76. The molecule has 11 nitrogen and oxygen atoms in total. The van der Waals surface area contributed by atoms with Crippen molar-refractivity contribution in [1.29, 1.82) is 5.26 Å². The molecule has 3 heterocycles. The Balaban J connectivity index is 2.00. The number of nitrogens with one attached hydrogen (secondary N) is 1. The first-order valence-electron chi connectivity index (χ1n) is 9.72. The Kier molecular flexibility index (Phi) is 5.78. The lowest BCUT2D eigenvalue weighted by Crippen LogP contribution is -2.54. The van der Waals surface area contributed by atoms with Gasteiger partial charge >= 0.3 is 6.09 Å². The highest BCUT2D eigenvalue weighted by atomic mass is 16.6. The fourth-order valence-corrected chi connectivity index (χ4v) is 3.37. The average molecular weight is 414 g/mol. The number of aryl methyl sites for hydroxylation is 1. The zero-order valence-corrected chi connectivity index (χ0v) is 17.8. The zero-order chi connectivity index (χ0) is 22.1. The summed E-state index contributed by atoms with van der Waals surface area (Å²) in [7, 11) is 1.77. The Morgan fingerprint density at radius 2 is 1.97 bits per heavy atom. The minimum Gasteiger partial charge on any atom is -0.443 e. The predicted octanol–water partition coefficient (Wildman–Crippen LogP) is 1.49. The predicted molar refractivity (Wildman–Crippen MR) is 108 cm³/mol. The molecule has 1 fully saturated rings. The van der Waals surface area contributed by atoms with E-state index >= 15 is 0 Å². The van der Waals surface area contributed by atoms with Gasteiger partial charge in [-0.2, -0.15) is 15.2 Å². The lowest BCUT2D eigenvalue weighted by Gasteiger charge is -2.38. The molecule has 0 spiro atoms. The smallest absolute Gasteiger partial charge is 0.426 e. The van der Waals surface area contributed by atoms with Crippen molar-refractivity contribution in [3.63, 3.8) is 0 Å². The number of rotatable bonds is 3. The number of hydrogen-bond acceptors (Lipinski definition) is 8. The molecule has 1 N–H and O–H groups in total. The van der Waals surface area contributed by atoms with Crippen LogP contribution in [0.25, 0.3) is 11.2 Å². The van der Waals surface area contributed by atoms with Crippen molar-refractivity contribution in [1.82, 2.24) is 29.8 Å². The van der Waals surface area contributed by atoms with Crippen LogP contribution in [0.3, 0.4) is 0 Å². The second-order valence-electron chi connectivity index (χ2n) is 8.23. The van der Waals surface area contributed by atoms with Crippen molar-refractivity contribution in [3.8, 4) is 6.07 Å². The van der Waals surface area contributed by atoms with Crippen LogP contribution < -0.4 is 10.4 Å². The molecule has 1 saturated heterocycles. The quantitative estimate of drug-likeness (QED) is 0.748. The number of hydrazine groups is 1. The standard InChI is InChI=1S/C19H26N8O3/c1-12(28)26-8-6-13(7-9-26)27(24-18(29)30-19(2,3)4)17-15-16(25(5)11-21-15)22-14(10-20)23-17/h11,13H,6-9H2,1-5H3,(H,24,29). The van der Waals surface area contributed by atoms with Crippen LogP contribution in [-0.4, -0.2) is 61.2 Å². The molecule has 0 unspecified atom stereocenters. The van der Waals surface area contributed by atoms with Crippen LogP contribution in [0.2, 0.25) is 0 Å². The summed E-state index contributed by atoms with van der Waals surface area (Å²) in [5, 5.41) is 11.0.